The molecule has 438 valence electrons. The van der Waals surface area contributed by atoms with Gasteiger partial charge in [0.05, 0.1) is 0 Å². The molecule has 4 aromatic carbocycles. The Kier molecular flexibility index (Phi) is 52.7. The van der Waals surface area contributed by atoms with E-state index in [9.17, 15) is 39.1 Å². The average Bonchev–Trinajstić information content (AvgIpc) is 3.33. The standard InChI is InChI=1S/4C14H21O2PS2.3Mo/c4*1-3-5-8-12-9-7-11-14(19-17(15,16)18)13(12)10-6-4-2;;;/h4*7,9,11H,3-6,8,10H2,1-2H3;;;/q4*-2;3*+4. The van der Waals surface area contributed by atoms with E-state index in [4.69, 9.17) is 0 Å². The number of hydrogen-bond acceptors (Lipinski definition) is 12. The molecule has 4 aromatic rings. The molecule has 0 aliphatic carbocycles. The van der Waals surface area contributed by atoms with Crippen molar-refractivity contribution in [2.24, 2.45) is 0 Å². The molecular formula is C56H84Mo3O8P4S8+4. The molecule has 4 rings (SSSR count). The predicted molar refractivity (Wildman–Crippen MR) is 334 cm³/mol. The minimum Gasteiger partial charge on any atom is -0.815 e. The maximum absolute atomic E-state index is 11.4. The van der Waals surface area contributed by atoms with Gasteiger partial charge in [0.15, 0.2) is 0 Å². The first-order chi connectivity index (χ1) is 35.9. The first-order valence-corrected chi connectivity index (χ1v) is 43.4. The van der Waals surface area contributed by atoms with Crippen molar-refractivity contribution >= 4 is 116 Å². The molecule has 0 radical (unpaired) electrons. The summed E-state index contributed by atoms with van der Waals surface area (Å²) < 4.78 is 0. The van der Waals surface area contributed by atoms with Gasteiger partial charge in [0.2, 0.25) is 19.6 Å². The Hall–Kier alpha value is 2.62. The Morgan fingerprint density at radius 2 is 0.430 bits per heavy atom. The monoisotopic (exact) mass is 1560 g/mol. The van der Waals surface area contributed by atoms with Gasteiger partial charge < -0.3 is 88.1 Å². The van der Waals surface area contributed by atoms with Crippen molar-refractivity contribution in [2.75, 3.05) is 0 Å². The molecule has 23 heteroatoms. The summed E-state index contributed by atoms with van der Waals surface area (Å²) in [6.07, 6.45) is 25.7. The molecule has 0 aromatic heterocycles. The van der Waals surface area contributed by atoms with Gasteiger partial charge in [-0.3, -0.25) is 0 Å². The van der Waals surface area contributed by atoms with Gasteiger partial charge in [-0.1, -0.05) is 155 Å². The zero-order chi connectivity index (χ0) is 57.2. The van der Waals surface area contributed by atoms with Crippen LogP contribution in [-0.2, 0) is 207 Å². The molecule has 0 heterocycles. The van der Waals surface area contributed by atoms with Crippen LogP contribution in [0.15, 0.2) is 92.4 Å². The second-order valence-electron chi connectivity index (χ2n) is 18.6. The third kappa shape index (κ3) is 40.7. The van der Waals surface area contributed by atoms with E-state index in [-0.39, 0.29) is 63.2 Å². The molecule has 0 aliphatic rings. The molecule has 79 heavy (non-hydrogen) atoms. The van der Waals surface area contributed by atoms with E-state index in [1.165, 1.54) is 44.5 Å². The topological polar surface area (TPSA) is 184 Å². The average molecular weight is 1550 g/mol. The van der Waals surface area contributed by atoms with Crippen LogP contribution in [0.2, 0.25) is 0 Å². The van der Waals surface area contributed by atoms with Crippen LogP contribution in [-0.4, -0.2) is 0 Å². The van der Waals surface area contributed by atoms with Crippen molar-refractivity contribution in [1.82, 2.24) is 0 Å². The van der Waals surface area contributed by atoms with Gasteiger partial charge in [-0.15, -0.1) is 22.8 Å². The molecule has 0 fully saturated rings. The number of aryl methyl sites for hydroxylation is 4. The van der Waals surface area contributed by atoms with Crippen LogP contribution in [0.3, 0.4) is 0 Å². The summed E-state index contributed by atoms with van der Waals surface area (Å²) in [6, 6.07) is 23.7. The van der Waals surface area contributed by atoms with E-state index >= 15 is 0 Å². The van der Waals surface area contributed by atoms with Gasteiger partial charge in [-0.25, -0.2) is 0 Å². The number of hydrogen-bond donors (Lipinski definition) is 0. The molecule has 0 unspecified atom stereocenters. The van der Waals surface area contributed by atoms with Crippen LogP contribution in [0.25, 0.3) is 0 Å². The summed E-state index contributed by atoms with van der Waals surface area (Å²) in [5, 5.41) is 0. The van der Waals surface area contributed by atoms with E-state index in [1.54, 1.807) is 0 Å². The van der Waals surface area contributed by atoms with Crippen molar-refractivity contribution in [2.45, 2.75) is 229 Å². The van der Waals surface area contributed by atoms with Crippen molar-refractivity contribution in [3.8, 4) is 0 Å². The van der Waals surface area contributed by atoms with Gasteiger partial charge in [-0.2, -0.15) is 0 Å². The van der Waals surface area contributed by atoms with E-state index in [2.05, 4.69) is 129 Å². The summed E-state index contributed by atoms with van der Waals surface area (Å²) in [5.74, 6) is 0. The minimum atomic E-state index is -3.74. The number of benzene rings is 4. The van der Waals surface area contributed by atoms with E-state index in [0.717, 1.165) is 217 Å². The molecule has 0 atom stereocenters. The van der Waals surface area contributed by atoms with Crippen LogP contribution in [0, 0.1) is 0 Å². The number of unbranched alkanes of at least 4 members (excludes halogenated alkanes) is 8. The Balaban J connectivity index is -0.000000963. The Labute approximate surface area is 557 Å². The molecule has 0 aliphatic heterocycles. The maximum atomic E-state index is 11.4. The van der Waals surface area contributed by atoms with Crippen molar-refractivity contribution in [3.05, 3.63) is 117 Å². The summed E-state index contributed by atoms with van der Waals surface area (Å²) in [5.41, 5.74) is -5.11. The van der Waals surface area contributed by atoms with Crippen molar-refractivity contribution in [1.29, 1.82) is 0 Å². The van der Waals surface area contributed by atoms with Crippen LogP contribution in [0.4, 0.5) is 0 Å². The predicted octanol–water partition coefficient (Wildman–Crippen LogP) is 11.0. The normalized spacial score (nSPS) is 11.2. The molecule has 0 amide bonds. The molecule has 0 saturated carbocycles. The Bertz CT molecular complexity index is 2150. The summed E-state index contributed by atoms with van der Waals surface area (Å²) in [6.45, 7) is 17.2. The van der Waals surface area contributed by atoms with Crippen LogP contribution in [0.1, 0.15) is 203 Å². The van der Waals surface area contributed by atoms with E-state index in [1.807, 2.05) is 48.5 Å². The smallest absolute Gasteiger partial charge is 0.815 e. The quantitative estimate of drug-likeness (QED) is 0.0227. The van der Waals surface area contributed by atoms with Gasteiger partial charge in [0.1, 0.15) is 43.8 Å². The summed E-state index contributed by atoms with van der Waals surface area (Å²) in [7, 11) is 3.36. The van der Waals surface area contributed by atoms with Gasteiger partial charge in [0, 0.05) is 46.5 Å². The van der Waals surface area contributed by atoms with Gasteiger partial charge >= 0.3 is 63.2 Å². The molecule has 8 nitrogen and oxygen atoms in total. The summed E-state index contributed by atoms with van der Waals surface area (Å²) >= 11 is 18.1. The van der Waals surface area contributed by atoms with Crippen LogP contribution < -0.4 is 39.1 Å². The molecule has 0 saturated heterocycles. The molecular weight excluding hydrogens is 1470 g/mol. The third-order valence-electron chi connectivity index (χ3n) is 12.1. The van der Waals surface area contributed by atoms with Crippen molar-refractivity contribution < 1.29 is 102 Å². The maximum Gasteiger partial charge on any atom is 4.00 e. The zero-order valence-electron chi connectivity index (χ0n) is 47.4. The second kappa shape index (κ2) is 48.5. The second-order valence-corrected chi connectivity index (χ2v) is 41.1. The molecule has 0 N–H and O–H groups in total. The van der Waals surface area contributed by atoms with E-state index < -0.39 is 22.8 Å². The SMILES string of the molecule is CCCCc1cccc([S+]=P([O-])([O-])[S-])c1CCCC.CCCCc1cccc([S+]=P([O-])([O-])[S-])c1CCCC.CCCCc1cccc([S+]=P([O-])([O-])[S-])c1CCCC.CCCCc1cccc([S+]=P([O-])([O-])[S-])c1CCCC.[Mo+4].[Mo+4].[Mo+4]. The third-order valence-corrected chi connectivity index (χ3v) is 23.0. The van der Waals surface area contributed by atoms with Crippen LogP contribution in [0.5, 0.6) is 0 Å². The number of rotatable bonds is 28. The molecule has 0 bridgehead atoms. The first-order valence-electron chi connectivity index (χ1n) is 27.2. The Morgan fingerprint density at radius 3 is 0.570 bits per heavy atom. The first kappa shape index (κ1) is 85.8. The summed E-state index contributed by atoms with van der Waals surface area (Å²) in [4.78, 5) is 94.2. The fourth-order valence-electron chi connectivity index (χ4n) is 8.22. The fraction of sp³-hybridized carbons (Fsp3) is 0.571. The van der Waals surface area contributed by atoms with Crippen LogP contribution >= 0.6 is 22.8 Å². The van der Waals surface area contributed by atoms with Gasteiger partial charge in [0.25, 0.3) is 0 Å². The van der Waals surface area contributed by atoms with Gasteiger partial charge in [-0.05, 0) is 125 Å². The zero-order valence-corrected chi connectivity index (χ0v) is 63.6. The Morgan fingerprint density at radius 1 is 0.278 bits per heavy atom. The van der Waals surface area contributed by atoms with E-state index in [0.29, 0.717) is 0 Å². The fourth-order valence-corrected chi connectivity index (χ4v) is 19.0. The largest absolute Gasteiger partial charge is 4.00 e. The minimum absolute atomic E-state index is 0. The van der Waals surface area contributed by atoms with Crippen molar-refractivity contribution in [3.63, 3.8) is 0 Å². The molecule has 0 spiro atoms.